The van der Waals surface area contributed by atoms with Crippen LogP contribution in [0.1, 0.15) is 62.2 Å². The summed E-state index contributed by atoms with van der Waals surface area (Å²) in [6.45, 7) is 13.0. The first-order chi connectivity index (χ1) is 15.2. The van der Waals surface area contributed by atoms with E-state index in [0.717, 1.165) is 23.4 Å². The number of amides is 2. The minimum absolute atomic E-state index is 0.0353. The predicted molar refractivity (Wildman–Crippen MR) is 128 cm³/mol. The zero-order valence-electron chi connectivity index (χ0n) is 19.7. The highest BCUT2D eigenvalue weighted by Crippen LogP contribution is 2.31. The first-order valence-electron chi connectivity index (χ1n) is 11.0. The fourth-order valence-corrected chi connectivity index (χ4v) is 4.61. The second-order valence-corrected chi connectivity index (χ2v) is 8.76. The number of benzene rings is 2. The van der Waals surface area contributed by atoms with E-state index in [-0.39, 0.29) is 11.8 Å². The summed E-state index contributed by atoms with van der Waals surface area (Å²) in [6, 6.07) is 9.26. The van der Waals surface area contributed by atoms with E-state index in [4.69, 9.17) is 4.42 Å². The van der Waals surface area contributed by atoms with Gasteiger partial charge in [-0.15, -0.1) is 0 Å². The van der Waals surface area contributed by atoms with E-state index in [0.29, 0.717) is 24.4 Å². The molecule has 0 radical (unpaired) electrons. The molecule has 1 N–H and O–H groups in total. The fraction of sp³-hybridized carbons (Fsp3) is 0.333. The third-order valence-electron chi connectivity index (χ3n) is 7.00. The smallest absolute Gasteiger partial charge is 0.291 e. The van der Waals surface area contributed by atoms with Crippen molar-refractivity contribution in [1.82, 2.24) is 0 Å². The van der Waals surface area contributed by atoms with Gasteiger partial charge in [-0.05, 0) is 110 Å². The van der Waals surface area contributed by atoms with E-state index < -0.39 is 0 Å². The normalized spacial score (nSPS) is 12.8. The van der Waals surface area contributed by atoms with Crippen molar-refractivity contribution in [2.45, 2.75) is 54.4 Å². The lowest BCUT2D eigenvalue weighted by molar-refractivity contribution is -0.116. The molecule has 0 fully saturated rings. The van der Waals surface area contributed by atoms with Gasteiger partial charge in [0, 0.05) is 31.3 Å². The van der Waals surface area contributed by atoms with Gasteiger partial charge in [0.25, 0.3) is 5.91 Å². The molecule has 32 heavy (non-hydrogen) atoms. The van der Waals surface area contributed by atoms with Gasteiger partial charge in [0.1, 0.15) is 5.76 Å². The van der Waals surface area contributed by atoms with E-state index in [1.54, 1.807) is 17.9 Å². The van der Waals surface area contributed by atoms with Crippen LogP contribution in [0.4, 0.5) is 11.4 Å². The number of hydrogen-bond donors (Lipinski definition) is 1. The van der Waals surface area contributed by atoms with Crippen LogP contribution in [0.2, 0.25) is 0 Å². The number of rotatable bonds is 4. The lowest BCUT2D eigenvalue weighted by Crippen LogP contribution is -2.25. The van der Waals surface area contributed by atoms with Crippen molar-refractivity contribution in [1.29, 1.82) is 0 Å². The molecule has 1 aliphatic rings. The summed E-state index contributed by atoms with van der Waals surface area (Å²) in [5.74, 6) is 0.826. The molecule has 2 heterocycles. The van der Waals surface area contributed by atoms with Crippen LogP contribution in [0, 0.1) is 34.6 Å². The zero-order valence-corrected chi connectivity index (χ0v) is 19.7. The number of carbonyl (C=O) groups excluding carboxylic acids is 2. The maximum atomic E-state index is 12.8. The van der Waals surface area contributed by atoms with Gasteiger partial charge < -0.3 is 14.6 Å². The van der Waals surface area contributed by atoms with Gasteiger partial charge in [-0.2, -0.15) is 0 Å². The van der Waals surface area contributed by atoms with Gasteiger partial charge in [0.2, 0.25) is 5.91 Å². The summed E-state index contributed by atoms with van der Waals surface area (Å²) >= 11 is 0. The Morgan fingerprint density at radius 3 is 2.25 bits per heavy atom. The van der Waals surface area contributed by atoms with E-state index >= 15 is 0 Å². The molecule has 0 aliphatic carbocycles. The van der Waals surface area contributed by atoms with E-state index in [9.17, 15) is 9.59 Å². The number of carbonyl (C=O) groups is 2. The van der Waals surface area contributed by atoms with Gasteiger partial charge in [0.15, 0.2) is 5.76 Å². The van der Waals surface area contributed by atoms with Crippen molar-refractivity contribution in [3.8, 4) is 0 Å². The molecule has 0 unspecified atom stereocenters. The maximum Gasteiger partial charge on any atom is 0.291 e. The SMILES string of the molecule is CC(=O)N1CCc2cc(NC(=O)c3ccc(Cc4c(C)c(C)c(C)c(C)c4C)o3)ccc21. The molecule has 2 aromatic carbocycles. The van der Waals surface area contributed by atoms with Crippen LogP contribution >= 0.6 is 0 Å². The highest BCUT2D eigenvalue weighted by molar-refractivity contribution is 6.02. The monoisotopic (exact) mass is 430 g/mol. The first kappa shape index (κ1) is 21.9. The third-order valence-corrected chi connectivity index (χ3v) is 7.00. The number of furan rings is 1. The van der Waals surface area contributed by atoms with Crippen LogP contribution in [0.3, 0.4) is 0 Å². The molecule has 0 bridgehead atoms. The molecule has 2 amide bonds. The molecule has 0 saturated carbocycles. The number of fused-ring (bicyclic) bond motifs is 1. The van der Waals surface area contributed by atoms with E-state index in [2.05, 4.69) is 39.9 Å². The van der Waals surface area contributed by atoms with Crippen LogP contribution in [-0.2, 0) is 17.6 Å². The Morgan fingerprint density at radius 1 is 0.938 bits per heavy atom. The summed E-state index contributed by atoms with van der Waals surface area (Å²) in [5.41, 5.74) is 10.5. The molecule has 5 heteroatoms. The molecule has 4 rings (SSSR count). The van der Waals surface area contributed by atoms with Gasteiger partial charge in [-0.3, -0.25) is 9.59 Å². The summed E-state index contributed by atoms with van der Waals surface area (Å²) < 4.78 is 5.92. The Balaban J connectivity index is 1.51. The van der Waals surface area contributed by atoms with Crippen molar-refractivity contribution in [2.75, 3.05) is 16.8 Å². The maximum absolute atomic E-state index is 12.8. The summed E-state index contributed by atoms with van der Waals surface area (Å²) in [6.07, 6.45) is 1.45. The molecular weight excluding hydrogens is 400 g/mol. The molecule has 0 spiro atoms. The second kappa shape index (κ2) is 8.30. The fourth-order valence-electron chi connectivity index (χ4n) is 4.61. The largest absolute Gasteiger partial charge is 0.456 e. The average Bonchev–Trinajstić information content (AvgIpc) is 3.41. The van der Waals surface area contributed by atoms with Gasteiger partial charge >= 0.3 is 0 Å². The molecule has 166 valence electrons. The minimum atomic E-state index is -0.276. The number of anilines is 2. The molecule has 3 aromatic rings. The second-order valence-electron chi connectivity index (χ2n) is 8.76. The summed E-state index contributed by atoms with van der Waals surface area (Å²) in [4.78, 5) is 26.3. The van der Waals surface area contributed by atoms with Crippen LogP contribution in [0.25, 0.3) is 0 Å². The van der Waals surface area contributed by atoms with Crippen molar-refractivity contribution >= 4 is 23.2 Å². The van der Waals surface area contributed by atoms with Gasteiger partial charge in [0.05, 0.1) is 0 Å². The van der Waals surface area contributed by atoms with Crippen LogP contribution in [0.5, 0.6) is 0 Å². The van der Waals surface area contributed by atoms with Crippen LogP contribution in [0.15, 0.2) is 34.7 Å². The minimum Gasteiger partial charge on any atom is -0.456 e. The molecule has 1 aromatic heterocycles. The summed E-state index contributed by atoms with van der Waals surface area (Å²) in [7, 11) is 0. The Hall–Kier alpha value is -3.34. The van der Waals surface area contributed by atoms with Crippen LogP contribution < -0.4 is 10.2 Å². The van der Waals surface area contributed by atoms with Crippen molar-refractivity contribution < 1.29 is 14.0 Å². The number of nitrogens with one attached hydrogen (secondary N) is 1. The molecule has 0 saturated heterocycles. The Bertz CT molecular complexity index is 1210. The highest BCUT2D eigenvalue weighted by Gasteiger charge is 2.23. The average molecular weight is 431 g/mol. The molecular formula is C27H30N2O3. The lowest BCUT2D eigenvalue weighted by atomic mass is 9.88. The number of hydrogen-bond acceptors (Lipinski definition) is 3. The molecule has 0 atom stereocenters. The predicted octanol–water partition coefficient (Wildman–Crippen LogP) is 5.57. The zero-order chi connectivity index (χ0) is 23.2. The van der Waals surface area contributed by atoms with Gasteiger partial charge in [-0.1, -0.05) is 0 Å². The van der Waals surface area contributed by atoms with Crippen molar-refractivity contribution in [3.63, 3.8) is 0 Å². The van der Waals surface area contributed by atoms with Crippen molar-refractivity contribution in [3.05, 3.63) is 80.8 Å². The lowest BCUT2D eigenvalue weighted by Gasteiger charge is -2.18. The Morgan fingerprint density at radius 2 is 1.59 bits per heavy atom. The topological polar surface area (TPSA) is 62.6 Å². The molecule has 5 nitrogen and oxygen atoms in total. The van der Waals surface area contributed by atoms with Gasteiger partial charge in [-0.25, -0.2) is 0 Å². The molecule has 1 aliphatic heterocycles. The Labute approximate surface area is 189 Å². The summed E-state index contributed by atoms with van der Waals surface area (Å²) in [5, 5.41) is 2.92. The number of nitrogens with zero attached hydrogens (tertiary/aromatic N) is 1. The van der Waals surface area contributed by atoms with Crippen LogP contribution in [-0.4, -0.2) is 18.4 Å². The van der Waals surface area contributed by atoms with E-state index in [1.165, 1.54) is 33.4 Å². The van der Waals surface area contributed by atoms with Crippen molar-refractivity contribution in [2.24, 2.45) is 0 Å². The Kier molecular flexibility index (Phi) is 5.68. The first-order valence-corrected chi connectivity index (χ1v) is 11.0. The third kappa shape index (κ3) is 3.83. The highest BCUT2D eigenvalue weighted by atomic mass is 16.3. The van der Waals surface area contributed by atoms with E-state index in [1.807, 2.05) is 24.3 Å². The standard InChI is InChI=1S/C27H30N2O3/c1-15-16(2)18(4)24(19(5)17(15)3)14-23-8-10-26(32-23)27(31)28-22-7-9-25-21(13-22)11-12-29(25)20(6)30/h7-10,13H,11-12,14H2,1-6H3,(H,28,31). The quantitative estimate of drug-likeness (QED) is 0.588.